The summed E-state index contributed by atoms with van der Waals surface area (Å²) in [7, 11) is 0. The third-order valence-electron chi connectivity index (χ3n) is 5.62. The molecule has 0 radical (unpaired) electrons. The van der Waals surface area contributed by atoms with Crippen LogP contribution in [0.4, 0.5) is 11.4 Å². The molecule has 142 valence electrons. The van der Waals surface area contributed by atoms with Crippen molar-refractivity contribution >= 4 is 53.7 Å². The van der Waals surface area contributed by atoms with Gasteiger partial charge in [-0.15, -0.1) is 11.3 Å². The second-order valence-electron chi connectivity index (χ2n) is 7.58. The maximum absolute atomic E-state index is 3.56. The summed E-state index contributed by atoms with van der Waals surface area (Å²) in [6.45, 7) is 0. The minimum Gasteiger partial charge on any atom is -0.355 e. The minimum atomic E-state index is 1.10. The van der Waals surface area contributed by atoms with Gasteiger partial charge in [-0.3, -0.25) is 0 Å². The van der Waals surface area contributed by atoms with Crippen LogP contribution in [-0.2, 0) is 0 Å². The number of anilines is 2. The number of fused-ring (bicyclic) bond motifs is 4. The fourth-order valence-corrected chi connectivity index (χ4v) is 5.26. The first-order valence-corrected chi connectivity index (χ1v) is 10.9. The molecule has 30 heavy (non-hydrogen) atoms. The molecule has 0 fully saturated rings. The zero-order valence-electron chi connectivity index (χ0n) is 16.3. The summed E-state index contributed by atoms with van der Waals surface area (Å²) in [5, 5.41) is 8.82. The van der Waals surface area contributed by atoms with E-state index in [2.05, 4.69) is 108 Å². The van der Waals surface area contributed by atoms with Gasteiger partial charge in [-0.1, -0.05) is 72.8 Å². The van der Waals surface area contributed by atoms with Crippen LogP contribution in [0, 0.1) is 0 Å². The van der Waals surface area contributed by atoms with Gasteiger partial charge in [0.1, 0.15) is 0 Å². The standard InChI is InChI=1S/C28H19NS/c1-2-6-19(7-3-1)20-10-12-23(13-11-20)29-24-14-15-25-26-16-21-8-4-5-9-22(21)17-27(26)30-28(25)18-24/h1-18,29H. The van der Waals surface area contributed by atoms with E-state index in [1.165, 1.54) is 42.1 Å². The summed E-state index contributed by atoms with van der Waals surface area (Å²) >= 11 is 1.86. The van der Waals surface area contributed by atoms with Crippen molar-refractivity contribution in [3.8, 4) is 11.1 Å². The van der Waals surface area contributed by atoms with Crippen molar-refractivity contribution < 1.29 is 0 Å². The molecule has 0 bridgehead atoms. The highest BCUT2D eigenvalue weighted by Crippen LogP contribution is 2.38. The van der Waals surface area contributed by atoms with Crippen LogP contribution in [0.1, 0.15) is 0 Å². The molecule has 2 heteroatoms. The Balaban J connectivity index is 1.34. The second-order valence-corrected chi connectivity index (χ2v) is 8.66. The number of nitrogens with one attached hydrogen (secondary N) is 1. The number of rotatable bonds is 3. The van der Waals surface area contributed by atoms with Crippen LogP contribution < -0.4 is 5.32 Å². The summed E-state index contributed by atoms with van der Waals surface area (Å²) in [4.78, 5) is 0. The molecule has 6 rings (SSSR count). The van der Waals surface area contributed by atoms with Crippen LogP contribution in [0.2, 0.25) is 0 Å². The van der Waals surface area contributed by atoms with E-state index >= 15 is 0 Å². The quantitative estimate of drug-likeness (QED) is 0.313. The summed E-state index contributed by atoms with van der Waals surface area (Å²) in [5.74, 6) is 0. The van der Waals surface area contributed by atoms with Crippen molar-refractivity contribution in [2.45, 2.75) is 0 Å². The van der Waals surface area contributed by atoms with Crippen LogP contribution in [0.3, 0.4) is 0 Å². The van der Waals surface area contributed by atoms with Gasteiger partial charge in [0.2, 0.25) is 0 Å². The zero-order valence-corrected chi connectivity index (χ0v) is 17.1. The van der Waals surface area contributed by atoms with Gasteiger partial charge in [0, 0.05) is 31.5 Å². The van der Waals surface area contributed by atoms with Crippen molar-refractivity contribution in [3.05, 3.63) is 109 Å². The predicted octanol–water partition coefficient (Wildman–Crippen LogP) is 8.62. The third kappa shape index (κ3) is 3.02. The van der Waals surface area contributed by atoms with Crippen molar-refractivity contribution in [1.82, 2.24) is 0 Å². The van der Waals surface area contributed by atoms with E-state index in [1.54, 1.807) is 0 Å². The molecule has 6 aromatic rings. The smallest absolute Gasteiger partial charge is 0.0398 e. The molecule has 1 heterocycles. The predicted molar refractivity (Wildman–Crippen MR) is 132 cm³/mol. The van der Waals surface area contributed by atoms with Crippen LogP contribution >= 0.6 is 11.3 Å². The van der Waals surface area contributed by atoms with Gasteiger partial charge in [-0.05, 0) is 58.3 Å². The average Bonchev–Trinajstić information content (AvgIpc) is 3.15. The summed E-state index contributed by atoms with van der Waals surface area (Å²) in [6.07, 6.45) is 0. The molecule has 0 aliphatic carbocycles. The SMILES string of the molecule is c1ccc(-c2ccc(Nc3ccc4c(c3)sc3cc5ccccc5cc34)cc2)cc1. The van der Waals surface area contributed by atoms with E-state index in [0.29, 0.717) is 0 Å². The molecule has 0 saturated carbocycles. The molecular weight excluding hydrogens is 382 g/mol. The summed E-state index contributed by atoms with van der Waals surface area (Å²) in [5.41, 5.74) is 4.68. The number of thiophene rings is 1. The van der Waals surface area contributed by atoms with Gasteiger partial charge in [0.05, 0.1) is 0 Å². The Hall–Kier alpha value is -3.62. The molecule has 1 aromatic heterocycles. The molecule has 0 unspecified atom stereocenters. The third-order valence-corrected chi connectivity index (χ3v) is 6.74. The molecular formula is C28H19NS. The normalized spacial score (nSPS) is 11.3. The molecule has 0 aliphatic heterocycles. The van der Waals surface area contributed by atoms with E-state index < -0.39 is 0 Å². The van der Waals surface area contributed by atoms with E-state index in [1.807, 2.05) is 17.4 Å². The first-order chi connectivity index (χ1) is 14.8. The van der Waals surface area contributed by atoms with Crippen LogP contribution in [0.5, 0.6) is 0 Å². The number of hydrogen-bond acceptors (Lipinski definition) is 2. The highest BCUT2D eigenvalue weighted by molar-refractivity contribution is 7.25. The summed E-state index contributed by atoms with van der Waals surface area (Å²) in [6, 6.07) is 39.0. The lowest BCUT2D eigenvalue weighted by molar-refractivity contribution is 1.56. The van der Waals surface area contributed by atoms with Crippen LogP contribution in [0.25, 0.3) is 42.1 Å². The van der Waals surface area contributed by atoms with Gasteiger partial charge in [0.25, 0.3) is 0 Å². The van der Waals surface area contributed by atoms with Gasteiger partial charge in [-0.25, -0.2) is 0 Å². The minimum absolute atomic E-state index is 1.10. The molecule has 0 atom stereocenters. The number of hydrogen-bond donors (Lipinski definition) is 1. The van der Waals surface area contributed by atoms with Gasteiger partial charge >= 0.3 is 0 Å². The average molecular weight is 402 g/mol. The van der Waals surface area contributed by atoms with E-state index in [0.717, 1.165) is 11.4 Å². The van der Waals surface area contributed by atoms with E-state index in [9.17, 15) is 0 Å². The summed E-state index contributed by atoms with van der Waals surface area (Å²) < 4.78 is 2.65. The Morgan fingerprint density at radius 3 is 1.90 bits per heavy atom. The van der Waals surface area contributed by atoms with Crippen molar-refractivity contribution in [1.29, 1.82) is 0 Å². The molecule has 0 spiro atoms. The maximum atomic E-state index is 3.56. The monoisotopic (exact) mass is 401 g/mol. The fourth-order valence-electron chi connectivity index (χ4n) is 4.08. The molecule has 5 aromatic carbocycles. The lowest BCUT2D eigenvalue weighted by Crippen LogP contribution is -1.89. The van der Waals surface area contributed by atoms with Crippen LogP contribution in [-0.4, -0.2) is 0 Å². The molecule has 0 aliphatic rings. The molecule has 0 amide bonds. The highest BCUT2D eigenvalue weighted by atomic mass is 32.1. The zero-order chi connectivity index (χ0) is 19.9. The lowest BCUT2D eigenvalue weighted by atomic mass is 10.1. The molecule has 1 nitrogen and oxygen atoms in total. The molecule has 1 N–H and O–H groups in total. The number of benzene rings is 5. The van der Waals surface area contributed by atoms with Crippen molar-refractivity contribution in [3.63, 3.8) is 0 Å². The largest absolute Gasteiger partial charge is 0.355 e. The topological polar surface area (TPSA) is 12.0 Å². The Morgan fingerprint density at radius 2 is 1.10 bits per heavy atom. The van der Waals surface area contributed by atoms with Crippen molar-refractivity contribution in [2.75, 3.05) is 5.32 Å². The van der Waals surface area contributed by atoms with Gasteiger partial charge in [-0.2, -0.15) is 0 Å². The lowest BCUT2D eigenvalue weighted by Gasteiger charge is -2.08. The Labute approximate surface area is 179 Å². The van der Waals surface area contributed by atoms with E-state index in [-0.39, 0.29) is 0 Å². The molecule has 0 saturated heterocycles. The Morgan fingerprint density at radius 1 is 0.467 bits per heavy atom. The highest BCUT2D eigenvalue weighted by Gasteiger charge is 2.08. The Kier molecular flexibility index (Phi) is 4.03. The second kappa shape index (κ2) is 7.01. The van der Waals surface area contributed by atoms with E-state index in [4.69, 9.17) is 0 Å². The Bertz CT molecular complexity index is 1490. The fraction of sp³-hybridized carbons (Fsp3) is 0. The van der Waals surface area contributed by atoms with Gasteiger partial charge in [0.15, 0.2) is 0 Å². The van der Waals surface area contributed by atoms with Crippen molar-refractivity contribution in [2.24, 2.45) is 0 Å². The van der Waals surface area contributed by atoms with Gasteiger partial charge < -0.3 is 5.32 Å². The van der Waals surface area contributed by atoms with Crippen LogP contribution in [0.15, 0.2) is 109 Å². The first kappa shape index (κ1) is 17.3. The first-order valence-electron chi connectivity index (χ1n) is 10.1. The maximum Gasteiger partial charge on any atom is 0.0398 e.